The van der Waals surface area contributed by atoms with Crippen molar-refractivity contribution in [2.24, 2.45) is 0 Å². The summed E-state index contributed by atoms with van der Waals surface area (Å²) in [7, 11) is 2.99. The third-order valence-corrected chi connectivity index (χ3v) is 4.61. The largest absolute Gasteiger partial charge is 0.497 e. The first-order valence-electron chi connectivity index (χ1n) is 8.89. The number of ether oxygens (including phenoxy) is 2. The fraction of sp³-hybridized carbons (Fsp3) is 0.136. The monoisotopic (exact) mass is 428 g/mol. The number of aromatic nitrogens is 1. The van der Waals surface area contributed by atoms with Crippen LogP contribution in [0.2, 0.25) is 5.02 Å². The second-order valence-electron chi connectivity index (χ2n) is 6.21. The molecule has 0 aliphatic heterocycles. The molecule has 0 aliphatic carbocycles. The summed E-state index contributed by atoms with van der Waals surface area (Å²) < 4.78 is 23.8. The molecule has 8 heteroatoms. The van der Waals surface area contributed by atoms with Crippen molar-refractivity contribution in [3.05, 3.63) is 76.7 Å². The highest BCUT2D eigenvalue weighted by Crippen LogP contribution is 2.31. The quantitative estimate of drug-likeness (QED) is 0.571. The zero-order valence-electron chi connectivity index (χ0n) is 16.2. The van der Waals surface area contributed by atoms with Gasteiger partial charge in [0.15, 0.2) is 5.78 Å². The number of pyridine rings is 1. The molecule has 1 N–H and O–H groups in total. The van der Waals surface area contributed by atoms with Crippen molar-refractivity contribution in [2.75, 3.05) is 20.8 Å². The van der Waals surface area contributed by atoms with Crippen LogP contribution >= 0.6 is 11.6 Å². The first kappa shape index (κ1) is 21.3. The Kier molecular flexibility index (Phi) is 6.64. The molecule has 1 amide bonds. The molecule has 0 aliphatic rings. The molecular formula is C22H18ClFN2O4. The van der Waals surface area contributed by atoms with Gasteiger partial charge in [0.25, 0.3) is 5.91 Å². The summed E-state index contributed by atoms with van der Waals surface area (Å²) in [4.78, 5) is 29.1. The van der Waals surface area contributed by atoms with Crippen molar-refractivity contribution < 1.29 is 23.5 Å². The topological polar surface area (TPSA) is 77.5 Å². The average molecular weight is 429 g/mol. The van der Waals surface area contributed by atoms with Crippen molar-refractivity contribution in [1.82, 2.24) is 10.3 Å². The van der Waals surface area contributed by atoms with Crippen molar-refractivity contribution in [1.29, 1.82) is 0 Å². The van der Waals surface area contributed by atoms with E-state index in [1.54, 1.807) is 30.3 Å². The average Bonchev–Trinajstić information content (AvgIpc) is 2.78. The van der Waals surface area contributed by atoms with Crippen molar-refractivity contribution in [3.63, 3.8) is 0 Å². The number of hydrogen-bond donors (Lipinski definition) is 1. The number of Topliss-reactive ketones (excluding diaryl/α,β-unsaturated/α-hetero) is 1. The Bertz CT molecular complexity index is 1090. The second kappa shape index (κ2) is 9.37. The number of carbonyl (C=O) groups excluding carboxylic acids is 2. The number of halogens is 2. The summed E-state index contributed by atoms with van der Waals surface area (Å²) in [6, 6.07) is 13.7. The third-order valence-electron chi connectivity index (χ3n) is 4.32. The van der Waals surface area contributed by atoms with Gasteiger partial charge < -0.3 is 14.8 Å². The number of rotatable bonds is 7. The molecule has 0 atom stereocenters. The van der Waals surface area contributed by atoms with Crippen LogP contribution in [0.25, 0.3) is 11.3 Å². The molecule has 0 unspecified atom stereocenters. The van der Waals surface area contributed by atoms with Crippen molar-refractivity contribution >= 4 is 23.3 Å². The molecule has 0 bridgehead atoms. The Hall–Kier alpha value is -3.45. The van der Waals surface area contributed by atoms with E-state index in [0.717, 1.165) is 0 Å². The summed E-state index contributed by atoms with van der Waals surface area (Å²) >= 11 is 5.86. The minimum atomic E-state index is -0.562. The van der Waals surface area contributed by atoms with Gasteiger partial charge in [-0.3, -0.25) is 9.59 Å². The van der Waals surface area contributed by atoms with Crippen LogP contribution in [0, 0.1) is 5.82 Å². The van der Waals surface area contributed by atoms with Gasteiger partial charge in [-0.1, -0.05) is 11.6 Å². The molecule has 0 saturated heterocycles. The Balaban J connectivity index is 1.77. The van der Waals surface area contributed by atoms with Gasteiger partial charge in [-0.2, -0.15) is 0 Å². The molecule has 0 fully saturated rings. The maximum Gasteiger partial charge on any atom is 0.251 e. The number of ketones is 1. The van der Waals surface area contributed by atoms with E-state index in [1.165, 1.54) is 38.5 Å². The Morgan fingerprint density at radius 1 is 1.03 bits per heavy atom. The van der Waals surface area contributed by atoms with Crippen molar-refractivity contribution in [2.45, 2.75) is 0 Å². The first-order chi connectivity index (χ1) is 14.4. The predicted octanol–water partition coefficient (Wildman–Crippen LogP) is 4.17. The number of nitrogens with one attached hydrogen (secondary N) is 1. The predicted molar refractivity (Wildman–Crippen MR) is 111 cm³/mol. The maximum absolute atomic E-state index is 13.5. The van der Waals surface area contributed by atoms with Crippen LogP contribution in [-0.2, 0) is 0 Å². The molecule has 6 nitrogen and oxygen atoms in total. The fourth-order valence-electron chi connectivity index (χ4n) is 2.71. The van der Waals surface area contributed by atoms with Gasteiger partial charge in [-0.05, 0) is 54.6 Å². The van der Waals surface area contributed by atoms with Gasteiger partial charge in [0.1, 0.15) is 28.7 Å². The van der Waals surface area contributed by atoms with Gasteiger partial charge in [-0.25, -0.2) is 9.37 Å². The molecule has 3 aromatic rings. The lowest BCUT2D eigenvalue weighted by atomic mass is 10.1. The molecule has 1 aromatic heterocycles. The smallest absolute Gasteiger partial charge is 0.251 e. The van der Waals surface area contributed by atoms with E-state index in [0.29, 0.717) is 28.3 Å². The number of carbonyl (C=O) groups is 2. The summed E-state index contributed by atoms with van der Waals surface area (Å²) in [5.41, 5.74) is 1.36. The highest BCUT2D eigenvalue weighted by atomic mass is 35.5. The first-order valence-corrected chi connectivity index (χ1v) is 9.26. The van der Waals surface area contributed by atoms with Gasteiger partial charge in [-0.15, -0.1) is 0 Å². The normalized spacial score (nSPS) is 10.4. The lowest BCUT2D eigenvalue weighted by molar-refractivity contribution is 0.0902. The molecule has 154 valence electrons. The molecule has 0 spiro atoms. The lowest BCUT2D eigenvalue weighted by Gasteiger charge is -2.11. The standard InChI is InChI=1S/C22H18ClFN2O4/c1-29-15-6-3-13(4-7-15)22(28)25-12-19(27)18-9-10-20(30-2)21(26-18)14-5-8-17(24)16(23)11-14/h3-11H,12H2,1-2H3,(H,25,28). The van der Waals surface area contributed by atoms with E-state index < -0.39 is 17.5 Å². The Labute approximate surface area is 177 Å². The van der Waals surface area contributed by atoms with E-state index >= 15 is 0 Å². The van der Waals surface area contributed by atoms with Crippen LogP contribution in [0.5, 0.6) is 11.5 Å². The van der Waals surface area contributed by atoms with Crippen molar-refractivity contribution in [3.8, 4) is 22.8 Å². The highest BCUT2D eigenvalue weighted by Gasteiger charge is 2.16. The van der Waals surface area contributed by atoms with Gasteiger partial charge >= 0.3 is 0 Å². The fourth-order valence-corrected chi connectivity index (χ4v) is 2.89. The number of benzene rings is 2. The number of amides is 1. The van der Waals surface area contributed by atoms with E-state index in [4.69, 9.17) is 21.1 Å². The van der Waals surface area contributed by atoms with E-state index in [-0.39, 0.29) is 17.3 Å². The molecular weight excluding hydrogens is 411 g/mol. The van der Waals surface area contributed by atoms with Crippen LogP contribution < -0.4 is 14.8 Å². The number of methoxy groups -OCH3 is 2. The Morgan fingerprint density at radius 3 is 2.40 bits per heavy atom. The molecule has 3 rings (SSSR count). The minimum Gasteiger partial charge on any atom is -0.497 e. The van der Waals surface area contributed by atoms with Crippen LogP contribution in [0.3, 0.4) is 0 Å². The second-order valence-corrected chi connectivity index (χ2v) is 6.62. The molecule has 0 saturated carbocycles. The number of hydrogen-bond acceptors (Lipinski definition) is 5. The molecule has 0 radical (unpaired) electrons. The lowest BCUT2D eigenvalue weighted by Crippen LogP contribution is -2.30. The van der Waals surface area contributed by atoms with E-state index in [2.05, 4.69) is 10.3 Å². The van der Waals surface area contributed by atoms with Crippen LogP contribution in [0.1, 0.15) is 20.8 Å². The van der Waals surface area contributed by atoms with Crippen LogP contribution in [-0.4, -0.2) is 37.4 Å². The summed E-state index contributed by atoms with van der Waals surface area (Å²) in [5.74, 6) is -0.332. The zero-order valence-corrected chi connectivity index (χ0v) is 17.0. The maximum atomic E-state index is 13.5. The molecule has 2 aromatic carbocycles. The zero-order chi connectivity index (χ0) is 21.7. The summed E-state index contributed by atoms with van der Waals surface area (Å²) in [6.45, 7) is -0.242. The SMILES string of the molecule is COc1ccc(C(=O)NCC(=O)c2ccc(OC)c(-c3ccc(F)c(Cl)c3)n2)cc1. The summed E-state index contributed by atoms with van der Waals surface area (Å²) in [5, 5.41) is 2.50. The third kappa shape index (κ3) is 4.75. The van der Waals surface area contributed by atoms with Gasteiger partial charge in [0.2, 0.25) is 0 Å². The van der Waals surface area contributed by atoms with Gasteiger partial charge in [0, 0.05) is 11.1 Å². The summed E-state index contributed by atoms with van der Waals surface area (Å²) in [6.07, 6.45) is 0. The Morgan fingerprint density at radius 2 is 1.77 bits per heavy atom. The van der Waals surface area contributed by atoms with E-state index in [9.17, 15) is 14.0 Å². The van der Waals surface area contributed by atoms with Gasteiger partial charge in [0.05, 0.1) is 25.8 Å². The highest BCUT2D eigenvalue weighted by molar-refractivity contribution is 6.31. The van der Waals surface area contributed by atoms with Crippen LogP contribution in [0.15, 0.2) is 54.6 Å². The number of nitrogens with zero attached hydrogens (tertiary/aromatic N) is 1. The van der Waals surface area contributed by atoms with E-state index in [1.807, 2.05) is 0 Å². The van der Waals surface area contributed by atoms with Crippen LogP contribution in [0.4, 0.5) is 4.39 Å². The molecule has 30 heavy (non-hydrogen) atoms. The molecule has 1 heterocycles. The minimum absolute atomic E-state index is 0.0696.